The molecule has 0 N–H and O–H groups in total. The lowest BCUT2D eigenvalue weighted by Gasteiger charge is -2.37. The van der Waals surface area contributed by atoms with Crippen molar-refractivity contribution in [1.82, 2.24) is 0 Å². The zero-order valence-corrected chi connectivity index (χ0v) is 21.3. The molecule has 0 radical (unpaired) electrons. The number of carbonyl (C=O) groups is 1. The summed E-state index contributed by atoms with van der Waals surface area (Å²) in [5.41, 5.74) is 2.49. The van der Waals surface area contributed by atoms with E-state index in [4.69, 9.17) is 9.47 Å². The second-order valence-electron chi connectivity index (χ2n) is 11.1. The molecule has 0 aliphatic heterocycles. The van der Waals surface area contributed by atoms with E-state index in [1.165, 1.54) is 44.1 Å². The quantitative estimate of drug-likeness (QED) is 0.306. The first-order valence-electron chi connectivity index (χ1n) is 12.7. The monoisotopic (exact) mass is 440 g/mol. The Hall–Kier alpha value is -1.77. The standard InChI is InChI=1S/C29H44O3/c1-7-8-9-10-15-29(16-11-12-17-29)22-19-25(31-5)27(26(20-22)32-6)21-13-14-23(24(30)18-21)28(2,3)4/h10,15,19-21,23H,7-9,11-14,16-18H2,1-6H3/t21-,23-/m0/s1. The van der Waals surface area contributed by atoms with E-state index in [9.17, 15) is 4.79 Å². The fourth-order valence-corrected chi connectivity index (χ4v) is 6.00. The van der Waals surface area contributed by atoms with Gasteiger partial charge in [-0.2, -0.15) is 0 Å². The molecule has 1 aromatic rings. The average Bonchev–Trinajstić information content (AvgIpc) is 3.25. The van der Waals surface area contributed by atoms with Crippen molar-refractivity contribution >= 4 is 5.78 Å². The van der Waals surface area contributed by atoms with Crippen LogP contribution in [-0.4, -0.2) is 20.0 Å². The smallest absolute Gasteiger partial charge is 0.137 e. The van der Waals surface area contributed by atoms with E-state index in [2.05, 4.69) is 52.0 Å². The van der Waals surface area contributed by atoms with Crippen LogP contribution in [0.4, 0.5) is 0 Å². The summed E-state index contributed by atoms with van der Waals surface area (Å²) in [5, 5.41) is 0. The third-order valence-corrected chi connectivity index (χ3v) is 7.87. The van der Waals surface area contributed by atoms with Crippen LogP contribution in [0.15, 0.2) is 24.3 Å². The van der Waals surface area contributed by atoms with Crippen LogP contribution in [0.3, 0.4) is 0 Å². The zero-order chi connectivity index (χ0) is 23.4. The highest BCUT2D eigenvalue weighted by atomic mass is 16.5. The van der Waals surface area contributed by atoms with Crippen molar-refractivity contribution in [3.05, 3.63) is 35.4 Å². The number of Topliss-reactive ketones (excluding diaryl/α,β-unsaturated/α-hetero) is 1. The molecule has 0 unspecified atom stereocenters. The first-order valence-corrected chi connectivity index (χ1v) is 12.7. The molecule has 0 spiro atoms. The predicted octanol–water partition coefficient (Wildman–Crippen LogP) is 7.76. The Morgan fingerprint density at radius 1 is 1.06 bits per heavy atom. The van der Waals surface area contributed by atoms with E-state index >= 15 is 0 Å². The van der Waals surface area contributed by atoms with Crippen LogP contribution < -0.4 is 9.47 Å². The van der Waals surface area contributed by atoms with Crippen LogP contribution in [0, 0.1) is 11.3 Å². The molecule has 1 aromatic carbocycles. The third-order valence-electron chi connectivity index (χ3n) is 7.87. The van der Waals surface area contributed by atoms with Crippen molar-refractivity contribution < 1.29 is 14.3 Å². The van der Waals surface area contributed by atoms with Gasteiger partial charge in [0.05, 0.1) is 14.2 Å². The molecule has 3 nitrogen and oxygen atoms in total. The minimum Gasteiger partial charge on any atom is -0.496 e. The van der Waals surface area contributed by atoms with E-state index in [1.807, 2.05) is 0 Å². The molecular formula is C29H44O3. The minimum atomic E-state index is 0.0268. The number of ether oxygens (including phenoxy) is 2. The summed E-state index contributed by atoms with van der Waals surface area (Å²) < 4.78 is 11.9. The normalized spacial score (nSPS) is 23.6. The maximum absolute atomic E-state index is 13.0. The molecule has 0 saturated heterocycles. The van der Waals surface area contributed by atoms with Gasteiger partial charge < -0.3 is 9.47 Å². The van der Waals surface area contributed by atoms with Crippen molar-refractivity contribution in [3.8, 4) is 11.5 Å². The topological polar surface area (TPSA) is 35.5 Å². The molecule has 2 saturated carbocycles. The first-order chi connectivity index (χ1) is 15.3. The summed E-state index contributed by atoms with van der Waals surface area (Å²) in [6.07, 6.45) is 15.8. The van der Waals surface area contributed by atoms with E-state index in [1.54, 1.807) is 14.2 Å². The Morgan fingerprint density at radius 2 is 1.69 bits per heavy atom. The van der Waals surface area contributed by atoms with Crippen molar-refractivity contribution in [3.63, 3.8) is 0 Å². The molecule has 32 heavy (non-hydrogen) atoms. The molecule has 0 aromatic heterocycles. The average molecular weight is 441 g/mol. The maximum atomic E-state index is 13.0. The Labute approximate surface area is 196 Å². The lowest BCUT2D eigenvalue weighted by Crippen LogP contribution is -2.33. The van der Waals surface area contributed by atoms with Gasteiger partial charge in [-0.25, -0.2) is 0 Å². The molecule has 3 rings (SSSR count). The van der Waals surface area contributed by atoms with Crippen molar-refractivity contribution in [2.45, 2.75) is 103 Å². The highest BCUT2D eigenvalue weighted by molar-refractivity contribution is 5.83. The summed E-state index contributed by atoms with van der Waals surface area (Å²) in [6.45, 7) is 8.79. The highest BCUT2D eigenvalue weighted by Gasteiger charge is 2.39. The van der Waals surface area contributed by atoms with Gasteiger partial charge in [-0.3, -0.25) is 4.79 Å². The Balaban J connectivity index is 1.95. The number of hydrogen-bond donors (Lipinski definition) is 0. The Kier molecular flexibility index (Phi) is 8.11. The molecular weight excluding hydrogens is 396 g/mol. The molecule has 2 atom stereocenters. The van der Waals surface area contributed by atoms with Gasteiger partial charge in [0.2, 0.25) is 0 Å². The van der Waals surface area contributed by atoms with Gasteiger partial charge >= 0.3 is 0 Å². The van der Waals surface area contributed by atoms with Gasteiger partial charge in [0.1, 0.15) is 17.3 Å². The number of unbranched alkanes of at least 4 members (excludes halogenated alkanes) is 2. The SMILES string of the molecule is CCCCC=CC1(c2cc(OC)c([C@H]3CC[C@H](C(C)(C)C)C(=O)C3)c(OC)c2)CCCC1. The van der Waals surface area contributed by atoms with Crippen molar-refractivity contribution in [2.75, 3.05) is 14.2 Å². The fourth-order valence-electron chi connectivity index (χ4n) is 6.00. The largest absolute Gasteiger partial charge is 0.496 e. The molecule has 0 bridgehead atoms. The number of methoxy groups -OCH3 is 2. The zero-order valence-electron chi connectivity index (χ0n) is 21.3. The Morgan fingerprint density at radius 3 is 2.19 bits per heavy atom. The summed E-state index contributed by atoms with van der Waals surface area (Å²) >= 11 is 0. The molecule has 3 heteroatoms. The van der Waals surface area contributed by atoms with Crippen LogP contribution in [0.5, 0.6) is 11.5 Å². The Bertz CT molecular complexity index is 783. The van der Waals surface area contributed by atoms with Crippen LogP contribution in [0.2, 0.25) is 0 Å². The second-order valence-corrected chi connectivity index (χ2v) is 11.1. The van der Waals surface area contributed by atoms with E-state index in [0.717, 1.165) is 36.3 Å². The molecule has 0 heterocycles. The van der Waals surface area contributed by atoms with Crippen molar-refractivity contribution in [2.24, 2.45) is 11.3 Å². The second kappa shape index (κ2) is 10.4. The summed E-state index contributed by atoms with van der Waals surface area (Å²) in [6, 6.07) is 4.49. The van der Waals surface area contributed by atoms with E-state index in [0.29, 0.717) is 12.2 Å². The van der Waals surface area contributed by atoms with Gasteiger partial charge in [0.25, 0.3) is 0 Å². The van der Waals surface area contributed by atoms with Gasteiger partial charge in [0, 0.05) is 23.3 Å². The number of carbonyl (C=O) groups excluding carboxylic acids is 1. The van der Waals surface area contributed by atoms with Gasteiger partial charge in [-0.1, -0.05) is 65.5 Å². The van der Waals surface area contributed by atoms with E-state index in [-0.39, 0.29) is 22.7 Å². The summed E-state index contributed by atoms with van der Waals surface area (Å²) in [4.78, 5) is 13.0. The number of benzene rings is 1. The predicted molar refractivity (Wildman–Crippen MR) is 133 cm³/mol. The van der Waals surface area contributed by atoms with Crippen molar-refractivity contribution in [1.29, 1.82) is 0 Å². The molecule has 2 aliphatic rings. The highest BCUT2D eigenvalue weighted by Crippen LogP contribution is 2.50. The maximum Gasteiger partial charge on any atom is 0.137 e. The molecule has 0 amide bonds. The molecule has 2 aliphatic carbocycles. The molecule has 2 fully saturated rings. The number of allylic oxidation sites excluding steroid dienone is 2. The summed E-state index contributed by atoms with van der Waals surface area (Å²) in [5.74, 6) is 2.47. The summed E-state index contributed by atoms with van der Waals surface area (Å²) in [7, 11) is 3.51. The van der Waals surface area contributed by atoms with Crippen LogP contribution in [0.1, 0.15) is 109 Å². The fraction of sp³-hybridized carbons (Fsp3) is 0.690. The van der Waals surface area contributed by atoms with Gasteiger partial charge in [-0.05, 0) is 61.1 Å². The van der Waals surface area contributed by atoms with Gasteiger partial charge in [-0.15, -0.1) is 0 Å². The van der Waals surface area contributed by atoms with Gasteiger partial charge in [0.15, 0.2) is 0 Å². The number of ketones is 1. The lowest BCUT2D eigenvalue weighted by molar-refractivity contribution is -0.128. The van der Waals surface area contributed by atoms with Crippen LogP contribution >= 0.6 is 0 Å². The van der Waals surface area contributed by atoms with Crippen LogP contribution in [-0.2, 0) is 10.2 Å². The molecule has 178 valence electrons. The first kappa shape index (κ1) is 24.9. The van der Waals surface area contributed by atoms with E-state index < -0.39 is 0 Å². The van der Waals surface area contributed by atoms with Crippen LogP contribution in [0.25, 0.3) is 0 Å². The number of rotatable bonds is 8. The number of hydrogen-bond acceptors (Lipinski definition) is 3. The third kappa shape index (κ3) is 5.24. The lowest BCUT2D eigenvalue weighted by atomic mass is 9.67. The minimum absolute atomic E-state index is 0.0268.